The Hall–Kier alpha value is -5.57. The molecular weight excluding hydrogens is 763 g/mol. The maximum absolute atomic E-state index is 14.5. The number of nitrogens with zero attached hydrogens (tertiary/aromatic N) is 3. The number of hydrogen-bond acceptors (Lipinski definition) is 13. The number of hydrogen-bond donors (Lipinski definition) is 5. The first-order valence-corrected chi connectivity index (χ1v) is 21.2. The van der Waals surface area contributed by atoms with Gasteiger partial charge in [0.25, 0.3) is 0 Å². The molecule has 0 saturated carbocycles. The quantitative estimate of drug-likeness (QED) is 0.132. The average Bonchev–Trinajstić information content (AvgIpc) is 3.58. The highest BCUT2D eigenvalue weighted by atomic mass is 16.7. The number of anilines is 2. The Morgan fingerprint density at radius 3 is 2.73 bits per heavy atom. The molecule has 2 fully saturated rings. The zero-order valence-corrected chi connectivity index (χ0v) is 34.5. The number of ether oxygens (including phenoxy) is 3. The molecule has 0 bridgehead atoms. The fourth-order valence-electron chi connectivity index (χ4n) is 10.7. The van der Waals surface area contributed by atoms with E-state index < -0.39 is 29.2 Å². The fourth-order valence-corrected chi connectivity index (χ4v) is 10.7. The van der Waals surface area contributed by atoms with E-state index in [0.717, 1.165) is 65.1 Å². The lowest BCUT2D eigenvalue weighted by molar-refractivity contribution is -0.852. The van der Waals surface area contributed by atoms with Crippen molar-refractivity contribution in [1.82, 2.24) is 15.3 Å². The summed E-state index contributed by atoms with van der Waals surface area (Å²) in [6, 6.07) is 7.15. The topological polar surface area (TPSA) is 205 Å². The summed E-state index contributed by atoms with van der Waals surface area (Å²) >= 11 is 0. The number of esters is 1. The third kappa shape index (κ3) is 6.47. The van der Waals surface area contributed by atoms with Gasteiger partial charge >= 0.3 is 5.97 Å². The van der Waals surface area contributed by atoms with E-state index in [0.29, 0.717) is 73.9 Å². The van der Waals surface area contributed by atoms with Crippen LogP contribution in [0, 0.1) is 12.8 Å². The minimum Gasteiger partial charge on any atom is -0.507 e. The van der Waals surface area contributed by atoms with Crippen LogP contribution in [-0.4, -0.2) is 70.8 Å². The lowest BCUT2D eigenvalue weighted by atomic mass is 9.75. The number of rotatable bonds is 7. The fraction of sp³-hybridized carbons (Fsp3) is 0.457. The van der Waals surface area contributed by atoms with Gasteiger partial charge in [0.1, 0.15) is 76.6 Å². The summed E-state index contributed by atoms with van der Waals surface area (Å²) < 4.78 is 25.4. The number of aliphatic imine (C=N–C) groups is 1. The number of nitrogens with two attached hydrogens (primary N) is 2. The largest absolute Gasteiger partial charge is 0.507 e. The van der Waals surface area contributed by atoms with Crippen molar-refractivity contribution < 1.29 is 33.4 Å². The van der Waals surface area contributed by atoms with E-state index in [2.05, 4.69) is 28.7 Å². The van der Waals surface area contributed by atoms with Gasteiger partial charge in [-0.05, 0) is 121 Å². The van der Waals surface area contributed by atoms with Crippen LogP contribution in [0.25, 0.3) is 22.2 Å². The van der Waals surface area contributed by atoms with Crippen molar-refractivity contribution in [3.63, 3.8) is 0 Å². The molecule has 10 rings (SSSR count). The van der Waals surface area contributed by atoms with Crippen molar-refractivity contribution in [2.24, 2.45) is 10.9 Å². The lowest BCUT2D eigenvalue weighted by Gasteiger charge is -2.45. The molecule has 4 aromatic rings. The van der Waals surface area contributed by atoms with Gasteiger partial charge in [0, 0.05) is 46.5 Å². The number of benzene rings is 1. The Kier molecular flexibility index (Phi) is 9.19. The molecule has 2 saturated heterocycles. The molecule has 6 aliphatic rings. The number of pyridine rings is 2. The van der Waals surface area contributed by atoms with Crippen molar-refractivity contribution in [1.29, 1.82) is 0 Å². The first kappa shape index (κ1) is 38.6. The van der Waals surface area contributed by atoms with Crippen LogP contribution in [0.2, 0.25) is 0 Å². The van der Waals surface area contributed by atoms with Gasteiger partial charge in [-0.25, -0.2) is 14.8 Å². The highest BCUT2D eigenvalue weighted by Crippen LogP contribution is 2.54. The van der Waals surface area contributed by atoms with Gasteiger partial charge in [0.05, 0.1) is 17.5 Å². The SMILES string of the molecule is CNC[C@@H]1CC[C@]2(O[C@@H]2CCc2cc(N)nc3c2CCCc2c-3cc(C[NH+]3C=C4N=CC=C4C3)nc2N)C(=O)O[C@@H]2[C@H](C1)c1c(cc3oc(C)cc(=O)c3c1O)OC2(C)C. The molecule has 8 heterocycles. The van der Waals surface area contributed by atoms with Crippen LogP contribution < -0.4 is 31.8 Å². The van der Waals surface area contributed by atoms with E-state index in [1.54, 1.807) is 13.0 Å². The third-order valence-corrected chi connectivity index (χ3v) is 13.5. The lowest BCUT2D eigenvalue weighted by Crippen LogP contribution is -3.04. The Labute approximate surface area is 347 Å². The predicted molar refractivity (Wildman–Crippen MR) is 226 cm³/mol. The smallest absolute Gasteiger partial charge is 0.341 e. The van der Waals surface area contributed by atoms with Crippen LogP contribution in [0.3, 0.4) is 0 Å². The molecule has 1 aliphatic carbocycles. The van der Waals surface area contributed by atoms with Gasteiger partial charge in [0.2, 0.25) is 0 Å². The predicted octanol–water partition coefficient (Wildman–Crippen LogP) is 4.12. The van der Waals surface area contributed by atoms with Crippen LogP contribution in [-0.2, 0) is 40.1 Å². The molecule has 0 amide bonds. The van der Waals surface area contributed by atoms with Gasteiger partial charge in [-0.2, -0.15) is 0 Å². The molecule has 312 valence electrons. The number of aromatic hydroxyl groups is 1. The van der Waals surface area contributed by atoms with E-state index in [-0.39, 0.29) is 34.2 Å². The first-order chi connectivity index (χ1) is 28.8. The second kappa shape index (κ2) is 14.3. The summed E-state index contributed by atoms with van der Waals surface area (Å²) in [5, 5.41) is 15.2. The molecule has 1 unspecified atom stereocenters. The van der Waals surface area contributed by atoms with Crippen LogP contribution in [0.15, 0.2) is 62.0 Å². The molecule has 6 atom stereocenters. The number of epoxide rings is 1. The Morgan fingerprint density at radius 2 is 1.92 bits per heavy atom. The minimum atomic E-state index is -1.12. The molecule has 60 heavy (non-hydrogen) atoms. The Morgan fingerprint density at radius 1 is 1.08 bits per heavy atom. The number of fused-ring (bicyclic) bond motifs is 8. The first-order valence-electron chi connectivity index (χ1n) is 21.2. The molecule has 14 nitrogen and oxygen atoms in total. The number of phenolic OH excluding ortho intramolecular Hbond substituents is 1. The van der Waals surface area contributed by atoms with E-state index >= 15 is 0 Å². The van der Waals surface area contributed by atoms with E-state index in [9.17, 15) is 14.7 Å². The molecule has 0 radical (unpaired) electrons. The minimum absolute atomic E-state index is 0.0926. The van der Waals surface area contributed by atoms with E-state index in [4.69, 9.17) is 40.1 Å². The Balaban J connectivity index is 0.927. The number of allylic oxidation sites excluding steroid dienone is 1. The second-order valence-electron chi connectivity index (χ2n) is 18.0. The van der Waals surface area contributed by atoms with Crippen LogP contribution in [0.4, 0.5) is 11.6 Å². The molecular formula is C46H52N7O7+. The number of nitrogens with one attached hydrogen (secondary N) is 2. The summed E-state index contributed by atoms with van der Waals surface area (Å²) in [7, 11) is 1.91. The zero-order valence-electron chi connectivity index (χ0n) is 34.5. The number of aromatic nitrogens is 2. The molecule has 1 spiro atoms. The van der Waals surface area contributed by atoms with E-state index in [1.165, 1.54) is 16.5 Å². The highest BCUT2D eigenvalue weighted by molar-refractivity contribution is 5.88. The van der Waals surface area contributed by atoms with Gasteiger partial charge in [-0.15, -0.1) is 0 Å². The van der Waals surface area contributed by atoms with Crippen molar-refractivity contribution in [3.8, 4) is 22.8 Å². The summed E-state index contributed by atoms with van der Waals surface area (Å²) in [4.78, 5) is 43.2. The van der Waals surface area contributed by atoms with Gasteiger partial charge in [0.15, 0.2) is 11.0 Å². The van der Waals surface area contributed by atoms with Gasteiger partial charge < -0.3 is 40.5 Å². The number of nitrogen functional groups attached to an aromatic ring is 2. The molecule has 7 N–H and O–H groups in total. The van der Waals surface area contributed by atoms with Crippen molar-refractivity contribution in [2.75, 3.05) is 31.6 Å². The normalized spacial score (nSPS) is 27.2. The third-order valence-electron chi connectivity index (χ3n) is 13.5. The molecule has 14 heteroatoms. The van der Waals surface area contributed by atoms with Gasteiger partial charge in [-0.3, -0.25) is 14.7 Å². The maximum atomic E-state index is 14.5. The van der Waals surface area contributed by atoms with Crippen LogP contribution >= 0.6 is 0 Å². The number of carbonyl (C=O) groups is 1. The monoisotopic (exact) mass is 814 g/mol. The van der Waals surface area contributed by atoms with Crippen molar-refractivity contribution in [2.45, 2.75) is 108 Å². The van der Waals surface area contributed by atoms with E-state index in [1.807, 2.05) is 33.2 Å². The number of phenols is 1. The molecule has 3 aromatic heterocycles. The van der Waals surface area contributed by atoms with Gasteiger partial charge in [-0.1, -0.05) is 0 Å². The summed E-state index contributed by atoms with van der Waals surface area (Å²) in [6.45, 7) is 7.70. The maximum Gasteiger partial charge on any atom is 0.341 e. The van der Waals surface area contributed by atoms with Crippen molar-refractivity contribution >= 4 is 34.8 Å². The zero-order chi connectivity index (χ0) is 41.7. The summed E-state index contributed by atoms with van der Waals surface area (Å²) in [6.07, 6.45) is 10.4. The number of quaternary nitrogens is 1. The Bertz CT molecular complexity index is 2630. The highest BCUT2D eigenvalue weighted by Gasteiger charge is 2.65. The molecule has 1 aromatic carbocycles. The molecule has 5 aliphatic heterocycles. The summed E-state index contributed by atoms with van der Waals surface area (Å²) in [5.41, 5.74) is 19.7. The van der Waals surface area contributed by atoms with Crippen LogP contribution in [0.1, 0.15) is 85.6 Å². The average molecular weight is 815 g/mol. The second-order valence-corrected chi connectivity index (χ2v) is 18.0. The number of carbonyl (C=O) groups excluding carboxylic acids is 1. The van der Waals surface area contributed by atoms with Crippen molar-refractivity contribution in [3.05, 3.63) is 91.7 Å². The number of aryl methyl sites for hydroxylation is 2. The van der Waals surface area contributed by atoms with Crippen LogP contribution in [0.5, 0.6) is 11.5 Å². The standard InChI is InChI=1S/C46H51N7O7/c1-23-14-33(54)39-34(57-23)18-35-38(41(39)55)31-15-24(19-49-4)10-12-46(44(56)58-42(31)45(2,3)59-35)36(60-46)9-8-25-16-37(47)52-40-28(25)6-5-7-29-30(40)17-27(51-43(29)48)21-53-20-26-11-13-50-32(26)22-53/h11,13-14,16-18,22,24,31,36,42,49,55H,5-10,12,15,19-21H2,1-4H3,(H2,47,52)(H2,48,51)/p+1/t24-,31-,36-,42-,46-/m1/s1. The summed E-state index contributed by atoms with van der Waals surface area (Å²) in [5.74, 6) is 0.848.